The second-order valence-corrected chi connectivity index (χ2v) is 13.0. The third kappa shape index (κ3) is 7.20. The van der Waals surface area contributed by atoms with E-state index in [0.29, 0.717) is 31.0 Å². The zero-order valence-corrected chi connectivity index (χ0v) is 23.8. The Bertz CT molecular complexity index is 1360. The van der Waals surface area contributed by atoms with Crippen LogP contribution in [-0.4, -0.2) is 50.3 Å². The van der Waals surface area contributed by atoms with Crippen molar-refractivity contribution in [3.63, 3.8) is 0 Å². The maximum absolute atomic E-state index is 13.6. The van der Waals surface area contributed by atoms with Gasteiger partial charge in [0.2, 0.25) is 15.9 Å². The van der Waals surface area contributed by atoms with Gasteiger partial charge < -0.3 is 10.6 Å². The summed E-state index contributed by atoms with van der Waals surface area (Å²) in [4.78, 5) is 13.6. The van der Waals surface area contributed by atoms with Gasteiger partial charge >= 0.3 is 0 Å². The number of carbonyl (C=O) groups excluding carboxylic acids is 1. The molecule has 1 saturated heterocycles. The quantitative estimate of drug-likeness (QED) is 0.345. The second kappa shape index (κ2) is 13.2. The molecule has 0 radical (unpaired) electrons. The monoisotopic (exact) mass is 581 g/mol. The maximum Gasteiger partial charge on any atom is 0.243 e. The van der Waals surface area contributed by atoms with Crippen molar-refractivity contribution in [3.8, 4) is 0 Å². The topological polar surface area (TPSA) is 78.5 Å². The molecule has 3 atom stereocenters. The first kappa shape index (κ1) is 29.4. The van der Waals surface area contributed by atoms with E-state index in [-0.39, 0.29) is 47.9 Å². The number of nitrogens with zero attached hydrogens (tertiary/aromatic N) is 1. The Labute approximate surface area is 241 Å². The Kier molecular flexibility index (Phi) is 9.47. The molecule has 1 aliphatic heterocycles. The molecule has 0 bridgehead atoms. The summed E-state index contributed by atoms with van der Waals surface area (Å²) in [5.74, 6) is -0.882. The molecule has 6 nitrogen and oxygen atoms in total. The molecular formula is C32H37F2N3O3S. The minimum absolute atomic E-state index is 0.0142. The van der Waals surface area contributed by atoms with E-state index in [1.807, 2.05) is 6.07 Å². The molecule has 2 N–H and O–H groups in total. The number of halogens is 2. The fourth-order valence-corrected chi connectivity index (χ4v) is 7.96. The molecule has 1 saturated carbocycles. The molecule has 0 spiro atoms. The van der Waals surface area contributed by atoms with Crippen LogP contribution in [0, 0.1) is 17.6 Å². The van der Waals surface area contributed by atoms with Crippen LogP contribution in [0.2, 0.25) is 0 Å². The van der Waals surface area contributed by atoms with Gasteiger partial charge in [-0.2, -0.15) is 4.31 Å². The van der Waals surface area contributed by atoms with Crippen LogP contribution in [0.15, 0.2) is 83.8 Å². The minimum Gasteiger partial charge on any atom is -0.353 e. The van der Waals surface area contributed by atoms with Crippen LogP contribution in [0.1, 0.15) is 55.6 Å². The first-order valence-electron chi connectivity index (χ1n) is 14.4. The van der Waals surface area contributed by atoms with Gasteiger partial charge in [-0.05, 0) is 79.1 Å². The molecule has 9 heteroatoms. The van der Waals surface area contributed by atoms with Crippen molar-refractivity contribution in [2.45, 2.75) is 61.4 Å². The van der Waals surface area contributed by atoms with E-state index < -0.39 is 10.0 Å². The lowest BCUT2D eigenvalue weighted by atomic mass is 9.88. The fraction of sp³-hybridized carbons (Fsp3) is 0.406. The van der Waals surface area contributed by atoms with Crippen molar-refractivity contribution in [1.82, 2.24) is 14.9 Å². The molecule has 0 aromatic heterocycles. The number of nitrogens with one attached hydrogen (secondary N) is 2. The highest BCUT2D eigenvalue weighted by Gasteiger charge is 2.35. The first-order valence-corrected chi connectivity index (χ1v) is 15.8. The summed E-state index contributed by atoms with van der Waals surface area (Å²) >= 11 is 0. The molecule has 1 heterocycles. The molecular weight excluding hydrogens is 544 g/mol. The molecule has 218 valence electrons. The SMILES string of the molecule is O=C(CC(c1ccc(F)cc1)c1ccc(F)cc1)N[C@@H]1CCC[C@H]1CC[C@H]1CNCCN1S(=O)(=O)c1ccccc1. The number of hydrogen-bond acceptors (Lipinski definition) is 4. The van der Waals surface area contributed by atoms with E-state index in [2.05, 4.69) is 10.6 Å². The van der Waals surface area contributed by atoms with Crippen LogP contribution in [0.3, 0.4) is 0 Å². The average molecular weight is 582 g/mol. The zero-order chi connectivity index (χ0) is 28.8. The van der Waals surface area contributed by atoms with Crippen molar-refractivity contribution in [2.75, 3.05) is 19.6 Å². The van der Waals surface area contributed by atoms with Gasteiger partial charge in [-0.25, -0.2) is 17.2 Å². The normalized spacial score (nSPS) is 21.7. The van der Waals surface area contributed by atoms with Crippen LogP contribution >= 0.6 is 0 Å². The van der Waals surface area contributed by atoms with E-state index in [0.717, 1.165) is 36.8 Å². The predicted octanol–water partition coefficient (Wildman–Crippen LogP) is 5.21. The third-order valence-corrected chi connectivity index (χ3v) is 10.4. The molecule has 2 fully saturated rings. The van der Waals surface area contributed by atoms with E-state index in [9.17, 15) is 22.0 Å². The Morgan fingerprint density at radius 2 is 1.54 bits per heavy atom. The summed E-state index contributed by atoms with van der Waals surface area (Å²) in [6, 6.07) is 20.6. The standard InChI is InChI=1S/C32H37F2N3O3S/c33-26-14-9-23(10-15-26)30(24-11-16-27(34)17-12-24)21-32(38)36-31-8-4-5-25(31)13-18-28-22-35-19-20-37(28)41(39,40)29-6-2-1-3-7-29/h1-3,6-7,9-12,14-17,25,28,30-31,35H,4-5,8,13,18-22H2,(H,36,38)/t25-,28-,31+/m0/s1. The number of amides is 1. The summed E-state index contributed by atoms with van der Waals surface area (Å²) in [6.45, 7) is 1.65. The number of rotatable bonds is 10. The van der Waals surface area contributed by atoms with Crippen molar-refractivity contribution in [3.05, 3.63) is 102 Å². The van der Waals surface area contributed by atoms with Gasteiger partial charge in [0.15, 0.2) is 0 Å². The molecule has 41 heavy (non-hydrogen) atoms. The van der Waals surface area contributed by atoms with E-state index in [1.54, 1.807) is 52.8 Å². The van der Waals surface area contributed by atoms with Crippen LogP contribution in [0.5, 0.6) is 0 Å². The molecule has 0 unspecified atom stereocenters. The van der Waals surface area contributed by atoms with E-state index in [4.69, 9.17) is 0 Å². The summed E-state index contributed by atoms with van der Waals surface area (Å²) in [7, 11) is -3.58. The molecule has 5 rings (SSSR count). The third-order valence-electron chi connectivity index (χ3n) is 8.46. The van der Waals surface area contributed by atoms with Gasteiger partial charge in [-0.15, -0.1) is 0 Å². The number of carbonyl (C=O) groups is 1. The van der Waals surface area contributed by atoms with E-state index in [1.165, 1.54) is 24.3 Å². The van der Waals surface area contributed by atoms with Gasteiger partial charge in [0.1, 0.15) is 11.6 Å². The molecule has 1 aliphatic carbocycles. The smallest absolute Gasteiger partial charge is 0.243 e. The van der Waals surface area contributed by atoms with Crippen LogP contribution in [0.4, 0.5) is 8.78 Å². The summed E-state index contributed by atoms with van der Waals surface area (Å²) < 4.78 is 55.6. The predicted molar refractivity (Wildman–Crippen MR) is 155 cm³/mol. The van der Waals surface area contributed by atoms with Gasteiger partial charge in [-0.1, -0.05) is 48.9 Å². The van der Waals surface area contributed by atoms with Crippen LogP contribution < -0.4 is 10.6 Å². The molecule has 2 aliphatic rings. The Hall–Kier alpha value is -3.14. The highest BCUT2D eigenvalue weighted by Crippen LogP contribution is 2.33. The first-order chi connectivity index (χ1) is 19.8. The fourth-order valence-electron chi connectivity index (χ4n) is 6.28. The molecule has 1 amide bonds. The highest BCUT2D eigenvalue weighted by atomic mass is 32.2. The number of piperazine rings is 1. The van der Waals surface area contributed by atoms with Gasteiger partial charge in [0.25, 0.3) is 0 Å². The zero-order valence-electron chi connectivity index (χ0n) is 23.0. The number of sulfonamides is 1. The average Bonchev–Trinajstić information content (AvgIpc) is 3.43. The second-order valence-electron chi connectivity index (χ2n) is 11.1. The van der Waals surface area contributed by atoms with Crippen molar-refractivity contribution in [2.24, 2.45) is 5.92 Å². The molecule has 3 aromatic carbocycles. The van der Waals surface area contributed by atoms with Crippen LogP contribution in [0.25, 0.3) is 0 Å². The lowest BCUT2D eigenvalue weighted by Crippen LogP contribution is -2.53. The number of hydrogen-bond donors (Lipinski definition) is 2. The van der Waals surface area contributed by atoms with Crippen molar-refractivity contribution in [1.29, 1.82) is 0 Å². The van der Waals surface area contributed by atoms with Gasteiger partial charge in [0.05, 0.1) is 4.90 Å². The lowest BCUT2D eigenvalue weighted by Gasteiger charge is -2.36. The summed E-state index contributed by atoms with van der Waals surface area (Å²) in [6.07, 6.45) is 4.56. The Balaban J connectivity index is 1.23. The number of benzene rings is 3. The van der Waals surface area contributed by atoms with Gasteiger partial charge in [0, 0.05) is 44.1 Å². The van der Waals surface area contributed by atoms with Crippen LogP contribution in [-0.2, 0) is 14.8 Å². The Morgan fingerprint density at radius 3 is 2.17 bits per heavy atom. The Morgan fingerprint density at radius 1 is 0.902 bits per heavy atom. The van der Waals surface area contributed by atoms with Crippen molar-refractivity contribution < 1.29 is 22.0 Å². The summed E-state index contributed by atoms with van der Waals surface area (Å²) in [5, 5.41) is 6.59. The highest BCUT2D eigenvalue weighted by molar-refractivity contribution is 7.89. The van der Waals surface area contributed by atoms with E-state index >= 15 is 0 Å². The largest absolute Gasteiger partial charge is 0.353 e. The maximum atomic E-state index is 13.6. The summed E-state index contributed by atoms with van der Waals surface area (Å²) in [5.41, 5.74) is 1.58. The lowest BCUT2D eigenvalue weighted by molar-refractivity contribution is -0.122. The van der Waals surface area contributed by atoms with Gasteiger partial charge in [-0.3, -0.25) is 4.79 Å². The minimum atomic E-state index is -3.58. The van der Waals surface area contributed by atoms with Crippen molar-refractivity contribution >= 4 is 15.9 Å². The molecule has 3 aromatic rings.